The molecular weight excluding hydrogens is 410 g/mol. The Morgan fingerprint density at radius 2 is 1.70 bits per heavy atom. The Morgan fingerprint density at radius 1 is 1.03 bits per heavy atom. The number of rotatable bonds is 9. The molecule has 0 atom stereocenters. The summed E-state index contributed by atoms with van der Waals surface area (Å²) in [6.45, 7) is 2.45. The molecule has 0 unspecified atom stereocenters. The highest BCUT2D eigenvalue weighted by Crippen LogP contribution is 2.23. The zero-order chi connectivity index (χ0) is 21.6. The summed E-state index contributed by atoms with van der Waals surface area (Å²) >= 11 is 0. The van der Waals surface area contributed by atoms with Gasteiger partial charge in [0.1, 0.15) is 11.5 Å². The maximum absolute atomic E-state index is 12.4. The average molecular weight is 431 g/mol. The highest BCUT2D eigenvalue weighted by atomic mass is 32.2. The van der Waals surface area contributed by atoms with E-state index in [2.05, 4.69) is 15.5 Å². The molecular formula is C20H21N3O6S. The summed E-state index contributed by atoms with van der Waals surface area (Å²) in [7, 11) is -2.12. The second kappa shape index (κ2) is 9.40. The van der Waals surface area contributed by atoms with Crippen LogP contribution in [0, 0.1) is 0 Å². The molecule has 0 aliphatic heterocycles. The van der Waals surface area contributed by atoms with E-state index in [0.29, 0.717) is 23.7 Å². The molecule has 3 aromatic rings. The largest absolute Gasteiger partial charge is 0.497 e. The zero-order valence-electron chi connectivity index (χ0n) is 16.5. The Hall–Kier alpha value is -3.40. The number of carbonyl (C=O) groups is 1. The van der Waals surface area contributed by atoms with Crippen molar-refractivity contribution in [1.82, 2.24) is 10.2 Å². The SMILES string of the molecule is CCOc1ccc(-c2nnc(NC(=O)CCS(=O)(=O)c3ccc(OC)cc3)o2)cc1. The van der Waals surface area contributed by atoms with Crippen LogP contribution in [0.5, 0.6) is 11.5 Å². The summed E-state index contributed by atoms with van der Waals surface area (Å²) in [5.74, 6) is 0.581. The van der Waals surface area contributed by atoms with Gasteiger partial charge < -0.3 is 13.9 Å². The predicted molar refractivity (Wildman–Crippen MR) is 109 cm³/mol. The molecule has 0 spiro atoms. The van der Waals surface area contributed by atoms with Gasteiger partial charge in [-0.15, -0.1) is 5.10 Å². The van der Waals surface area contributed by atoms with Crippen molar-refractivity contribution >= 4 is 21.8 Å². The van der Waals surface area contributed by atoms with Gasteiger partial charge in [0.25, 0.3) is 0 Å². The van der Waals surface area contributed by atoms with E-state index in [9.17, 15) is 13.2 Å². The summed E-state index contributed by atoms with van der Waals surface area (Å²) < 4.78 is 40.5. The number of anilines is 1. The second-order valence-electron chi connectivity index (χ2n) is 6.16. The third-order valence-corrected chi connectivity index (χ3v) is 5.83. The second-order valence-corrected chi connectivity index (χ2v) is 8.27. The van der Waals surface area contributed by atoms with Crippen LogP contribution in [0.2, 0.25) is 0 Å². The number of sulfone groups is 1. The maximum Gasteiger partial charge on any atom is 0.322 e. The molecule has 1 heterocycles. The molecule has 1 aromatic heterocycles. The van der Waals surface area contributed by atoms with Gasteiger partial charge in [0.05, 0.1) is 24.4 Å². The zero-order valence-corrected chi connectivity index (χ0v) is 17.3. The van der Waals surface area contributed by atoms with Gasteiger partial charge in [0.15, 0.2) is 9.84 Å². The van der Waals surface area contributed by atoms with Gasteiger partial charge in [0, 0.05) is 12.0 Å². The van der Waals surface area contributed by atoms with Crippen molar-refractivity contribution in [3.63, 3.8) is 0 Å². The van der Waals surface area contributed by atoms with Crippen molar-refractivity contribution < 1.29 is 27.1 Å². The molecule has 30 heavy (non-hydrogen) atoms. The van der Waals surface area contributed by atoms with Crippen LogP contribution >= 0.6 is 0 Å². The van der Waals surface area contributed by atoms with E-state index >= 15 is 0 Å². The third-order valence-electron chi connectivity index (χ3n) is 4.10. The summed E-state index contributed by atoms with van der Waals surface area (Å²) in [4.78, 5) is 12.2. The van der Waals surface area contributed by atoms with E-state index in [1.807, 2.05) is 6.92 Å². The van der Waals surface area contributed by atoms with E-state index < -0.39 is 15.7 Å². The molecule has 10 heteroatoms. The van der Waals surface area contributed by atoms with Crippen LogP contribution < -0.4 is 14.8 Å². The van der Waals surface area contributed by atoms with Gasteiger partial charge in [-0.2, -0.15) is 0 Å². The summed E-state index contributed by atoms with van der Waals surface area (Å²) in [6, 6.07) is 12.9. The first-order valence-corrected chi connectivity index (χ1v) is 10.8. The van der Waals surface area contributed by atoms with E-state index in [0.717, 1.165) is 0 Å². The lowest BCUT2D eigenvalue weighted by atomic mass is 10.2. The molecule has 1 amide bonds. The highest BCUT2D eigenvalue weighted by molar-refractivity contribution is 7.91. The average Bonchev–Trinajstić information content (AvgIpc) is 3.21. The maximum atomic E-state index is 12.4. The Morgan fingerprint density at radius 3 is 2.33 bits per heavy atom. The molecule has 0 saturated heterocycles. The summed E-state index contributed by atoms with van der Waals surface area (Å²) in [5.41, 5.74) is 0.661. The van der Waals surface area contributed by atoms with Crippen LogP contribution in [-0.2, 0) is 14.6 Å². The van der Waals surface area contributed by atoms with Crippen molar-refractivity contribution in [2.24, 2.45) is 0 Å². The molecule has 1 N–H and O–H groups in total. The molecule has 9 nitrogen and oxygen atoms in total. The standard InChI is InChI=1S/C20H21N3O6S/c1-3-28-16-6-4-14(5-7-16)19-22-23-20(29-19)21-18(24)12-13-30(25,26)17-10-8-15(27-2)9-11-17/h4-11H,3,12-13H2,1-2H3,(H,21,23,24). The number of nitrogens with zero attached hydrogens (tertiary/aromatic N) is 2. The van der Waals surface area contributed by atoms with Gasteiger partial charge >= 0.3 is 6.01 Å². The Bertz CT molecular complexity index is 1090. The van der Waals surface area contributed by atoms with E-state index in [-0.39, 0.29) is 29.0 Å². The molecule has 0 aliphatic carbocycles. The van der Waals surface area contributed by atoms with E-state index in [1.54, 1.807) is 36.4 Å². The van der Waals surface area contributed by atoms with Crippen LogP contribution in [0.3, 0.4) is 0 Å². The number of benzene rings is 2. The van der Waals surface area contributed by atoms with Gasteiger partial charge in [-0.25, -0.2) is 8.42 Å². The number of carbonyl (C=O) groups excluding carboxylic acids is 1. The smallest absolute Gasteiger partial charge is 0.322 e. The predicted octanol–water partition coefficient (Wildman–Crippen LogP) is 2.95. The monoisotopic (exact) mass is 431 g/mol. The quantitative estimate of drug-likeness (QED) is 0.549. The number of amides is 1. The number of methoxy groups -OCH3 is 1. The number of ether oxygens (including phenoxy) is 2. The van der Waals surface area contributed by atoms with E-state index in [4.69, 9.17) is 13.9 Å². The molecule has 0 saturated carbocycles. The number of nitrogens with one attached hydrogen (secondary N) is 1. The first kappa shape index (κ1) is 21.3. The lowest BCUT2D eigenvalue weighted by Gasteiger charge is -2.05. The molecule has 0 radical (unpaired) electrons. The van der Waals surface area contributed by atoms with Crippen molar-refractivity contribution in [3.05, 3.63) is 48.5 Å². The van der Waals surface area contributed by atoms with Crippen LogP contribution in [0.1, 0.15) is 13.3 Å². The summed E-state index contributed by atoms with van der Waals surface area (Å²) in [6.07, 6.45) is -0.255. The van der Waals surface area contributed by atoms with E-state index in [1.165, 1.54) is 19.2 Å². The van der Waals surface area contributed by atoms with Gasteiger partial charge in [0.2, 0.25) is 11.8 Å². The number of aromatic nitrogens is 2. The Balaban J connectivity index is 1.57. The first-order valence-electron chi connectivity index (χ1n) is 9.14. The van der Waals surface area contributed by atoms with Gasteiger partial charge in [-0.05, 0) is 55.5 Å². The van der Waals surface area contributed by atoms with Crippen molar-refractivity contribution in [2.75, 3.05) is 24.8 Å². The minimum atomic E-state index is -3.61. The highest BCUT2D eigenvalue weighted by Gasteiger charge is 2.18. The fourth-order valence-electron chi connectivity index (χ4n) is 2.56. The molecule has 0 fully saturated rings. The van der Waals surface area contributed by atoms with Crippen LogP contribution in [-0.4, -0.2) is 44.0 Å². The summed E-state index contributed by atoms with van der Waals surface area (Å²) in [5, 5.41) is 10.1. The Kier molecular flexibility index (Phi) is 6.68. The van der Waals surface area contributed by atoms with Crippen molar-refractivity contribution in [2.45, 2.75) is 18.2 Å². The lowest BCUT2D eigenvalue weighted by Crippen LogP contribution is -2.17. The normalized spacial score (nSPS) is 11.1. The molecule has 3 rings (SSSR count). The van der Waals surface area contributed by atoms with Gasteiger partial charge in [-0.1, -0.05) is 5.10 Å². The van der Waals surface area contributed by atoms with Crippen LogP contribution in [0.25, 0.3) is 11.5 Å². The molecule has 0 bridgehead atoms. The topological polar surface area (TPSA) is 121 Å². The molecule has 2 aromatic carbocycles. The van der Waals surface area contributed by atoms with Crippen molar-refractivity contribution in [3.8, 4) is 23.0 Å². The minimum Gasteiger partial charge on any atom is -0.497 e. The van der Waals surface area contributed by atoms with Crippen LogP contribution in [0.15, 0.2) is 57.8 Å². The minimum absolute atomic E-state index is 0.106. The fraction of sp³-hybridized carbons (Fsp3) is 0.250. The molecule has 158 valence electrons. The number of hydrogen-bond acceptors (Lipinski definition) is 8. The third kappa shape index (κ3) is 5.35. The van der Waals surface area contributed by atoms with Crippen LogP contribution in [0.4, 0.5) is 6.01 Å². The van der Waals surface area contributed by atoms with Gasteiger partial charge in [-0.3, -0.25) is 10.1 Å². The fourth-order valence-corrected chi connectivity index (χ4v) is 3.80. The Labute approximate surface area is 174 Å². The number of hydrogen-bond donors (Lipinski definition) is 1. The van der Waals surface area contributed by atoms with Crippen molar-refractivity contribution in [1.29, 1.82) is 0 Å². The molecule has 0 aliphatic rings. The lowest BCUT2D eigenvalue weighted by molar-refractivity contribution is -0.115. The first-order chi connectivity index (χ1) is 14.4.